The summed E-state index contributed by atoms with van der Waals surface area (Å²) in [7, 11) is 0. The number of aliphatic hydroxyl groups excluding tert-OH is 1. The third-order valence-electron chi connectivity index (χ3n) is 7.46. The topological polar surface area (TPSA) is 31.6 Å². The number of aromatic nitrogens is 1. The highest BCUT2D eigenvalue weighted by atomic mass is 16.3. The summed E-state index contributed by atoms with van der Waals surface area (Å²) in [6, 6.07) is 16.6. The molecule has 2 aliphatic heterocycles. The minimum atomic E-state index is 0.363. The number of nitrogens with zero attached hydrogens (tertiary/aromatic N) is 3. The molecule has 5 rings (SSSR count). The Bertz CT molecular complexity index is 1000. The summed E-state index contributed by atoms with van der Waals surface area (Å²) in [4.78, 5) is 5.35. The quantitative estimate of drug-likeness (QED) is 0.679. The molecule has 0 saturated carbocycles. The third-order valence-corrected chi connectivity index (χ3v) is 7.46. The van der Waals surface area contributed by atoms with Gasteiger partial charge in [-0.1, -0.05) is 24.3 Å². The molecule has 2 fully saturated rings. The molecule has 4 nitrogen and oxygen atoms in total. The Kier molecular flexibility index (Phi) is 5.81. The molecular weight excluding hydrogens is 370 g/mol. The van der Waals surface area contributed by atoms with Crippen molar-refractivity contribution in [1.29, 1.82) is 0 Å². The number of fused-ring (bicyclic) bond motifs is 3. The zero-order chi connectivity index (χ0) is 20.5. The van der Waals surface area contributed by atoms with Crippen LogP contribution in [0.2, 0.25) is 0 Å². The lowest BCUT2D eigenvalue weighted by Gasteiger charge is -2.42. The molecule has 3 heterocycles. The molecule has 2 aliphatic rings. The highest BCUT2D eigenvalue weighted by Gasteiger charge is 2.28. The first kappa shape index (κ1) is 20.0. The van der Waals surface area contributed by atoms with E-state index in [0.29, 0.717) is 18.6 Å². The summed E-state index contributed by atoms with van der Waals surface area (Å²) in [6.07, 6.45) is 4.93. The van der Waals surface area contributed by atoms with Crippen LogP contribution in [0.25, 0.3) is 21.8 Å². The van der Waals surface area contributed by atoms with Gasteiger partial charge in [0, 0.05) is 54.1 Å². The van der Waals surface area contributed by atoms with Crippen LogP contribution in [0.4, 0.5) is 0 Å². The SMILES string of the molecule is CCn1c2ccccc2c2cc(CN3CCCC(N4CCC(CO)CC4)C3)ccc21. The third kappa shape index (κ3) is 3.77. The van der Waals surface area contributed by atoms with Crippen LogP contribution in [-0.2, 0) is 13.1 Å². The first-order valence-corrected chi connectivity index (χ1v) is 11.8. The molecule has 0 amide bonds. The Hall–Kier alpha value is -1.88. The Morgan fingerprint density at radius 1 is 0.933 bits per heavy atom. The van der Waals surface area contributed by atoms with Crippen LogP contribution < -0.4 is 0 Å². The highest BCUT2D eigenvalue weighted by molar-refractivity contribution is 6.08. The number of para-hydroxylation sites is 1. The minimum absolute atomic E-state index is 0.363. The number of aryl methyl sites for hydroxylation is 1. The van der Waals surface area contributed by atoms with Gasteiger partial charge in [0.25, 0.3) is 0 Å². The number of hydrogen-bond donors (Lipinski definition) is 1. The number of rotatable bonds is 5. The van der Waals surface area contributed by atoms with Crippen LogP contribution >= 0.6 is 0 Å². The molecule has 4 heteroatoms. The Balaban J connectivity index is 1.32. The molecule has 0 spiro atoms. The molecule has 1 aromatic heterocycles. The fourth-order valence-corrected chi connectivity index (χ4v) is 5.77. The molecule has 2 aromatic carbocycles. The van der Waals surface area contributed by atoms with E-state index in [9.17, 15) is 5.11 Å². The Morgan fingerprint density at radius 3 is 2.53 bits per heavy atom. The van der Waals surface area contributed by atoms with Crippen molar-refractivity contribution >= 4 is 21.8 Å². The lowest BCUT2D eigenvalue weighted by Crippen LogP contribution is -2.50. The number of piperidine rings is 2. The van der Waals surface area contributed by atoms with Crippen molar-refractivity contribution in [2.24, 2.45) is 5.92 Å². The molecule has 2 saturated heterocycles. The van der Waals surface area contributed by atoms with Crippen molar-refractivity contribution in [2.75, 3.05) is 32.8 Å². The van der Waals surface area contributed by atoms with Gasteiger partial charge in [-0.15, -0.1) is 0 Å². The fourth-order valence-electron chi connectivity index (χ4n) is 5.77. The van der Waals surface area contributed by atoms with Crippen LogP contribution in [0, 0.1) is 5.92 Å². The average Bonchev–Trinajstić information content (AvgIpc) is 3.12. The first-order chi connectivity index (χ1) is 14.8. The van der Waals surface area contributed by atoms with Gasteiger partial charge in [-0.3, -0.25) is 9.80 Å². The molecular formula is C26H35N3O. The zero-order valence-corrected chi connectivity index (χ0v) is 18.3. The lowest BCUT2D eigenvalue weighted by atomic mass is 9.94. The predicted molar refractivity (Wildman–Crippen MR) is 125 cm³/mol. The van der Waals surface area contributed by atoms with Gasteiger partial charge in [0.1, 0.15) is 0 Å². The molecule has 1 N–H and O–H groups in total. The van der Waals surface area contributed by atoms with Crippen molar-refractivity contribution in [1.82, 2.24) is 14.4 Å². The average molecular weight is 406 g/mol. The van der Waals surface area contributed by atoms with E-state index in [1.165, 1.54) is 53.3 Å². The van der Waals surface area contributed by atoms with E-state index in [2.05, 4.69) is 63.8 Å². The maximum absolute atomic E-state index is 9.42. The van der Waals surface area contributed by atoms with Gasteiger partial charge < -0.3 is 9.67 Å². The van der Waals surface area contributed by atoms with Gasteiger partial charge in [-0.05, 0) is 81.9 Å². The van der Waals surface area contributed by atoms with Crippen molar-refractivity contribution in [3.05, 3.63) is 48.0 Å². The molecule has 1 atom stereocenters. The molecule has 30 heavy (non-hydrogen) atoms. The second-order valence-electron chi connectivity index (χ2n) is 9.31. The summed E-state index contributed by atoms with van der Waals surface area (Å²) in [5, 5.41) is 12.2. The summed E-state index contributed by atoms with van der Waals surface area (Å²) < 4.78 is 2.43. The maximum atomic E-state index is 9.42. The molecule has 0 radical (unpaired) electrons. The van der Waals surface area contributed by atoms with E-state index in [1.54, 1.807) is 0 Å². The molecule has 0 aliphatic carbocycles. The van der Waals surface area contributed by atoms with E-state index < -0.39 is 0 Å². The smallest absolute Gasteiger partial charge is 0.0491 e. The molecule has 160 valence electrons. The largest absolute Gasteiger partial charge is 0.396 e. The Labute approximate surface area is 180 Å². The van der Waals surface area contributed by atoms with E-state index >= 15 is 0 Å². The minimum Gasteiger partial charge on any atom is -0.396 e. The van der Waals surface area contributed by atoms with Gasteiger partial charge in [0.2, 0.25) is 0 Å². The number of likely N-dealkylation sites (tertiary alicyclic amines) is 2. The maximum Gasteiger partial charge on any atom is 0.0491 e. The van der Waals surface area contributed by atoms with Crippen LogP contribution in [0.3, 0.4) is 0 Å². The standard InChI is InChI=1S/C26H35N3O/c1-2-29-25-8-4-3-7-23(25)24-16-21(9-10-26(24)29)17-27-13-5-6-22(18-27)28-14-11-20(19-30)12-15-28/h3-4,7-10,16,20,22,30H,2,5-6,11-15,17-19H2,1H3. The van der Waals surface area contributed by atoms with E-state index in [4.69, 9.17) is 0 Å². The first-order valence-electron chi connectivity index (χ1n) is 11.8. The van der Waals surface area contributed by atoms with Crippen LogP contribution in [-0.4, -0.2) is 58.3 Å². The highest BCUT2D eigenvalue weighted by Crippen LogP contribution is 2.30. The van der Waals surface area contributed by atoms with Crippen LogP contribution in [0.1, 0.15) is 38.2 Å². The van der Waals surface area contributed by atoms with Crippen molar-refractivity contribution < 1.29 is 5.11 Å². The monoisotopic (exact) mass is 405 g/mol. The van der Waals surface area contributed by atoms with Gasteiger partial charge in [-0.25, -0.2) is 0 Å². The van der Waals surface area contributed by atoms with Crippen molar-refractivity contribution in [3.63, 3.8) is 0 Å². The number of hydrogen-bond acceptors (Lipinski definition) is 3. The summed E-state index contributed by atoms with van der Waals surface area (Å²) in [5.74, 6) is 0.526. The lowest BCUT2D eigenvalue weighted by molar-refractivity contribution is 0.0544. The summed E-state index contributed by atoms with van der Waals surface area (Å²) >= 11 is 0. The predicted octanol–water partition coefficient (Wildman–Crippen LogP) is 4.48. The molecule has 1 unspecified atom stereocenters. The van der Waals surface area contributed by atoms with Gasteiger partial charge in [-0.2, -0.15) is 0 Å². The zero-order valence-electron chi connectivity index (χ0n) is 18.3. The second kappa shape index (κ2) is 8.70. The molecule has 0 bridgehead atoms. The fraction of sp³-hybridized carbons (Fsp3) is 0.538. The normalized spacial score (nSPS) is 22.3. The summed E-state index contributed by atoms with van der Waals surface area (Å²) in [5.41, 5.74) is 4.13. The van der Waals surface area contributed by atoms with E-state index in [1.807, 2.05) is 0 Å². The van der Waals surface area contributed by atoms with Crippen molar-refractivity contribution in [2.45, 2.75) is 51.7 Å². The van der Waals surface area contributed by atoms with Gasteiger partial charge in [0.15, 0.2) is 0 Å². The van der Waals surface area contributed by atoms with Gasteiger partial charge >= 0.3 is 0 Å². The van der Waals surface area contributed by atoms with E-state index in [-0.39, 0.29) is 0 Å². The number of aliphatic hydroxyl groups is 1. The Morgan fingerprint density at radius 2 is 1.73 bits per heavy atom. The van der Waals surface area contributed by atoms with Crippen LogP contribution in [0.15, 0.2) is 42.5 Å². The van der Waals surface area contributed by atoms with Gasteiger partial charge in [0.05, 0.1) is 0 Å². The van der Waals surface area contributed by atoms with E-state index in [0.717, 1.165) is 39.0 Å². The number of benzene rings is 2. The molecule has 3 aromatic rings. The second-order valence-corrected chi connectivity index (χ2v) is 9.31. The van der Waals surface area contributed by atoms with Crippen LogP contribution in [0.5, 0.6) is 0 Å². The summed E-state index contributed by atoms with van der Waals surface area (Å²) in [6.45, 7) is 9.35. The van der Waals surface area contributed by atoms with Crippen molar-refractivity contribution in [3.8, 4) is 0 Å².